The van der Waals surface area contributed by atoms with E-state index >= 15 is 0 Å². The molecule has 1 aliphatic heterocycles. The number of fused-ring (bicyclic) bond motifs is 3. The van der Waals surface area contributed by atoms with E-state index in [4.69, 9.17) is 16.6 Å². The minimum atomic E-state index is -0.439. The summed E-state index contributed by atoms with van der Waals surface area (Å²) in [6.45, 7) is 0.720. The van der Waals surface area contributed by atoms with E-state index in [-0.39, 0.29) is 6.04 Å². The SMILES string of the molecule is Fc1ccc(F)c([C@H]2CCCN2c2ccn3nc4c(Cl)nccc4c3n2)c1. The van der Waals surface area contributed by atoms with Crippen LogP contribution >= 0.6 is 11.6 Å². The molecule has 5 rings (SSSR count). The monoisotopic (exact) mass is 385 g/mol. The zero-order valence-electron chi connectivity index (χ0n) is 14.1. The lowest BCUT2D eigenvalue weighted by Crippen LogP contribution is -2.24. The van der Waals surface area contributed by atoms with Crippen molar-refractivity contribution in [3.63, 3.8) is 0 Å². The number of hydrogen-bond acceptors (Lipinski definition) is 4. The van der Waals surface area contributed by atoms with Crippen molar-refractivity contribution in [2.45, 2.75) is 18.9 Å². The van der Waals surface area contributed by atoms with E-state index in [0.717, 1.165) is 30.8 Å². The fourth-order valence-electron chi connectivity index (χ4n) is 3.78. The predicted octanol–water partition coefficient (Wildman–Crippen LogP) is 4.55. The van der Waals surface area contributed by atoms with E-state index in [0.29, 0.717) is 27.7 Å². The summed E-state index contributed by atoms with van der Waals surface area (Å²) in [5.74, 6) is -0.143. The predicted molar refractivity (Wildman–Crippen MR) is 99.0 cm³/mol. The zero-order chi connectivity index (χ0) is 18.5. The Morgan fingerprint density at radius 2 is 2.04 bits per heavy atom. The average Bonchev–Trinajstić information content (AvgIpc) is 3.29. The Labute approximate surface area is 158 Å². The standard InChI is InChI=1S/C19H14ClF2N5/c20-18-17-12(5-7-23-18)19-24-16(6-9-27(19)25-17)26-8-1-2-15(26)13-10-11(21)3-4-14(13)22/h3-7,9-10,15H,1-2,8H2/t15-/m1/s1. The van der Waals surface area contributed by atoms with E-state index in [2.05, 4.69) is 10.1 Å². The van der Waals surface area contributed by atoms with Gasteiger partial charge in [-0.1, -0.05) is 11.6 Å². The number of halogens is 3. The van der Waals surface area contributed by atoms with Crippen LogP contribution in [-0.2, 0) is 0 Å². The highest BCUT2D eigenvalue weighted by Gasteiger charge is 2.30. The molecule has 0 bridgehead atoms. The molecule has 1 fully saturated rings. The molecule has 1 atom stereocenters. The number of benzene rings is 1. The van der Waals surface area contributed by atoms with Gasteiger partial charge in [-0.2, -0.15) is 5.10 Å². The number of anilines is 1. The van der Waals surface area contributed by atoms with E-state index < -0.39 is 11.6 Å². The first-order chi connectivity index (χ1) is 13.1. The van der Waals surface area contributed by atoms with Crippen molar-refractivity contribution in [2.75, 3.05) is 11.4 Å². The molecule has 1 aliphatic rings. The lowest BCUT2D eigenvalue weighted by atomic mass is 10.0. The largest absolute Gasteiger partial charge is 0.349 e. The molecule has 0 radical (unpaired) electrons. The molecule has 1 saturated heterocycles. The highest BCUT2D eigenvalue weighted by atomic mass is 35.5. The lowest BCUT2D eigenvalue weighted by molar-refractivity contribution is 0.560. The van der Waals surface area contributed by atoms with Crippen molar-refractivity contribution in [3.8, 4) is 0 Å². The first kappa shape index (κ1) is 16.4. The highest BCUT2D eigenvalue weighted by molar-refractivity contribution is 6.34. The van der Waals surface area contributed by atoms with Gasteiger partial charge in [-0.3, -0.25) is 0 Å². The van der Waals surface area contributed by atoms with Crippen LogP contribution in [0.1, 0.15) is 24.4 Å². The van der Waals surface area contributed by atoms with Crippen molar-refractivity contribution in [3.05, 3.63) is 65.1 Å². The summed E-state index contributed by atoms with van der Waals surface area (Å²) < 4.78 is 29.6. The van der Waals surface area contributed by atoms with Crippen LogP contribution in [0.3, 0.4) is 0 Å². The summed E-state index contributed by atoms with van der Waals surface area (Å²) >= 11 is 6.13. The van der Waals surface area contributed by atoms with Crippen molar-refractivity contribution in [1.82, 2.24) is 19.6 Å². The van der Waals surface area contributed by atoms with Gasteiger partial charge in [-0.15, -0.1) is 0 Å². The van der Waals surface area contributed by atoms with Crippen molar-refractivity contribution < 1.29 is 8.78 Å². The van der Waals surface area contributed by atoms with Crippen LogP contribution in [0, 0.1) is 11.6 Å². The molecule has 5 nitrogen and oxygen atoms in total. The first-order valence-electron chi connectivity index (χ1n) is 8.63. The first-order valence-corrected chi connectivity index (χ1v) is 9.01. The fourth-order valence-corrected chi connectivity index (χ4v) is 3.97. The highest BCUT2D eigenvalue weighted by Crippen LogP contribution is 2.37. The van der Waals surface area contributed by atoms with Crippen molar-refractivity contribution >= 4 is 34.0 Å². The zero-order valence-corrected chi connectivity index (χ0v) is 14.9. The van der Waals surface area contributed by atoms with Gasteiger partial charge in [-0.05, 0) is 43.2 Å². The molecule has 3 aromatic heterocycles. The molecule has 1 aromatic carbocycles. The van der Waals surface area contributed by atoms with E-state index in [9.17, 15) is 8.78 Å². The van der Waals surface area contributed by atoms with Crippen LogP contribution in [0.25, 0.3) is 16.6 Å². The third-order valence-electron chi connectivity index (χ3n) is 4.99. The van der Waals surface area contributed by atoms with Crippen LogP contribution in [0.5, 0.6) is 0 Å². The number of nitrogens with zero attached hydrogens (tertiary/aromatic N) is 5. The van der Waals surface area contributed by atoms with Gasteiger partial charge in [0.1, 0.15) is 23.0 Å². The van der Waals surface area contributed by atoms with Crippen LogP contribution in [-0.4, -0.2) is 26.1 Å². The minimum absolute atomic E-state index is 0.255. The average molecular weight is 386 g/mol. The maximum absolute atomic E-state index is 14.3. The van der Waals surface area contributed by atoms with Crippen LogP contribution in [0.15, 0.2) is 42.7 Å². The summed E-state index contributed by atoms with van der Waals surface area (Å²) in [5.41, 5.74) is 1.59. The molecule has 0 aliphatic carbocycles. The van der Waals surface area contributed by atoms with Gasteiger partial charge in [-0.25, -0.2) is 23.3 Å². The number of pyridine rings is 1. The molecular formula is C19H14ClF2N5. The Balaban J connectivity index is 1.62. The smallest absolute Gasteiger partial charge is 0.165 e. The second-order valence-electron chi connectivity index (χ2n) is 6.57. The summed E-state index contributed by atoms with van der Waals surface area (Å²) in [6.07, 6.45) is 5.03. The van der Waals surface area contributed by atoms with Crippen molar-refractivity contribution in [2.24, 2.45) is 0 Å². The fraction of sp³-hybridized carbons (Fsp3) is 0.211. The van der Waals surface area contributed by atoms with Gasteiger partial charge in [0.15, 0.2) is 10.8 Å². The van der Waals surface area contributed by atoms with E-state index in [1.54, 1.807) is 16.9 Å². The summed E-state index contributed by atoms with van der Waals surface area (Å²) in [7, 11) is 0. The van der Waals surface area contributed by atoms with Gasteiger partial charge in [0.2, 0.25) is 0 Å². The van der Waals surface area contributed by atoms with Crippen LogP contribution < -0.4 is 4.90 Å². The third kappa shape index (κ3) is 2.61. The van der Waals surface area contributed by atoms with Crippen LogP contribution in [0.2, 0.25) is 5.15 Å². The molecule has 0 saturated carbocycles. The Morgan fingerprint density at radius 1 is 1.15 bits per heavy atom. The molecule has 4 heterocycles. The number of rotatable bonds is 2. The van der Waals surface area contributed by atoms with E-state index in [1.807, 2.05) is 17.0 Å². The molecular weight excluding hydrogens is 372 g/mol. The molecule has 136 valence electrons. The second kappa shape index (κ2) is 6.13. The molecule has 27 heavy (non-hydrogen) atoms. The molecule has 0 N–H and O–H groups in total. The molecule has 0 unspecified atom stereocenters. The number of aromatic nitrogens is 4. The quantitative estimate of drug-likeness (QED) is 0.475. The molecule has 0 amide bonds. The Hall–Kier alpha value is -2.80. The lowest BCUT2D eigenvalue weighted by Gasteiger charge is -2.26. The number of hydrogen-bond donors (Lipinski definition) is 0. The van der Waals surface area contributed by atoms with Gasteiger partial charge in [0.05, 0.1) is 11.4 Å². The van der Waals surface area contributed by atoms with Gasteiger partial charge in [0, 0.05) is 24.5 Å². The Kier molecular flexibility index (Phi) is 3.72. The Morgan fingerprint density at radius 3 is 2.93 bits per heavy atom. The molecule has 0 spiro atoms. The Bertz CT molecular complexity index is 1180. The topological polar surface area (TPSA) is 46.3 Å². The maximum Gasteiger partial charge on any atom is 0.165 e. The summed E-state index contributed by atoms with van der Waals surface area (Å²) in [6, 6.07) is 6.98. The second-order valence-corrected chi connectivity index (χ2v) is 6.93. The van der Waals surface area contributed by atoms with Gasteiger partial charge < -0.3 is 4.90 Å². The third-order valence-corrected chi connectivity index (χ3v) is 5.27. The summed E-state index contributed by atoms with van der Waals surface area (Å²) in [4.78, 5) is 10.8. The van der Waals surface area contributed by atoms with Gasteiger partial charge in [0.25, 0.3) is 0 Å². The van der Waals surface area contributed by atoms with Crippen LogP contribution in [0.4, 0.5) is 14.6 Å². The molecule has 4 aromatic rings. The van der Waals surface area contributed by atoms with Gasteiger partial charge >= 0.3 is 0 Å². The van der Waals surface area contributed by atoms with E-state index in [1.165, 1.54) is 12.1 Å². The minimum Gasteiger partial charge on any atom is -0.349 e. The summed E-state index contributed by atoms with van der Waals surface area (Å²) in [5, 5.41) is 5.53. The molecule has 8 heteroatoms. The maximum atomic E-state index is 14.3. The normalized spacial score (nSPS) is 17.3. The van der Waals surface area contributed by atoms with Crippen molar-refractivity contribution in [1.29, 1.82) is 0 Å².